The summed E-state index contributed by atoms with van der Waals surface area (Å²) in [6.07, 6.45) is 0.635. The van der Waals surface area contributed by atoms with Crippen molar-refractivity contribution in [1.29, 1.82) is 0 Å². The first-order valence-electron chi connectivity index (χ1n) is 7.22. The van der Waals surface area contributed by atoms with E-state index >= 15 is 0 Å². The molecule has 0 saturated carbocycles. The molecule has 2 N–H and O–H groups in total. The number of nitrogens with zero attached hydrogens (tertiary/aromatic N) is 1. The van der Waals surface area contributed by atoms with Crippen LogP contribution in [-0.2, 0) is 14.8 Å². The number of esters is 1. The molecule has 0 bridgehead atoms. The Labute approximate surface area is 143 Å². The van der Waals surface area contributed by atoms with Gasteiger partial charge in [-0.25, -0.2) is 13.2 Å². The molecule has 0 aliphatic carbocycles. The zero-order valence-electron chi connectivity index (χ0n) is 13.5. The van der Waals surface area contributed by atoms with Crippen LogP contribution in [0.1, 0.15) is 29.3 Å². The summed E-state index contributed by atoms with van der Waals surface area (Å²) in [5.74, 6) is -0.446. The molecule has 0 amide bonds. The van der Waals surface area contributed by atoms with Crippen LogP contribution in [0.15, 0.2) is 23.1 Å². The summed E-state index contributed by atoms with van der Waals surface area (Å²) in [5.41, 5.74) is 6.79. The molecule has 23 heavy (non-hydrogen) atoms. The van der Waals surface area contributed by atoms with Crippen LogP contribution in [0.2, 0.25) is 0 Å². The SMILES string of the molecule is COC(=O)c1ccc(C)c(S(=O)(=O)N2CCC(N)C(C)C2)c1.Cl. The fourth-order valence-corrected chi connectivity index (χ4v) is 4.41. The fraction of sp³-hybridized carbons (Fsp3) is 0.533. The van der Waals surface area contributed by atoms with Crippen LogP contribution < -0.4 is 5.73 Å². The molecular weight excluding hydrogens is 340 g/mol. The average Bonchev–Trinajstić information content (AvgIpc) is 2.49. The number of aryl methyl sites for hydroxylation is 1. The quantitative estimate of drug-likeness (QED) is 0.824. The Morgan fingerprint density at radius 3 is 2.61 bits per heavy atom. The van der Waals surface area contributed by atoms with Crippen molar-refractivity contribution >= 4 is 28.4 Å². The van der Waals surface area contributed by atoms with Gasteiger partial charge < -0.3 is 10.5 Å². The standard InChI is InChI=1S/C15H22N2O4S.ClH/c1-10-4-5-12(15(18)21-3)8-14(10)22(19,20)17-7-6-13(16)11(2)9-17;/h4-5,8,11,13H,6-7,9,16H2,1-3H3;1H. The third-order valence-corrected chi connectivity index (χ3v) is 6.17. The van der Waals surface area contributed by atoms with Gasteiger partial charge in [-0.2, -0.15) is 4.31 Å². The van der Waals surface area contributed by atoms with Crippen molar-refractivity contribution in [2.45, 2.75) is 31.2 Å². The van der Waals surface area contributed by atoms with E-state index in [-0.39, 0.29) is 34.8 Å². The maximum absolute atomic E-state index is 12.9. The predicted molar refractivity (Wildman–Crippen MR) is 90.3 cm³/mol. The Bertz CT molecular complexity index is 678. The highest BCUT2D eigenvalue weighted by Gasteiger charge is 2.33. The number of sulfonamides is 1. The minimum Gasteiger partial charge on any atom is -0.465 e. The molecule has 1 aromatic rings. The van der Waals surface area contributed by atoms with E-state index in [0.29, 0.717) is 25.1 Å². The van der Waals surface area contributed by atoms with Gasteiger partial charge in [0.2, 0.25) is 10.0 Å². The minimum atomic E-state index is -3.64. The monoisotopic (exact) mass is 362 g/mol. The van der Waals surface area contributed by atoms with E-state index in [2.05, 4.69) is 4.74 Å². The van der Waals surface area contributed by atoms with Crippen molar-refractivity contribution < 1.29 is 17.9 Å². The summed E-state index contributed by atoms with van der Waals surface area (Å²) in [6.45, 7) is 4.46. The van der Waals surface area contributed by atoms with Gasteiger partial charge in [0.15, 0.2) is 0 Å². The Balaban J connectivity index is 0.00000264. The molecule has 0 spiro atoms. The number of hydrogen-bond donors (Lipinski definition) is 1. The third-order valence-electron chi connectivity index (χ3n) is 4.16. The second-order valence-electron chi connectivity index (χ2n) is 5.76. The van der Waals surface area contributed by atoms with Crippen molar-refractivity contribution in [2.24, 2.45) is 11.7 Å². The number of halogens is 1. The minimum absolute atomic E-state index is 0. The van der Waals surface area contributed by atoms with E-state index in [9.17, 15) is 13.2 Å². The van der Waals surface area contributed by atoms with Crippen molar-refractivity contribution in [2.75, 3.05) is 20.2 Å². The lowest BCUT2D eigenvalue weighted by Crippen LogP contribution is -2.48. The molecule has 0 aromatic heterocycles. The molecule has 1 saturated heterocycles. The van der Waals surface area contributed by atoms with Gasteiger partial charge in [-0.05, 0) is 37.0 Å². The summed E-state index contributed by atoms with van der Waals surface area (Å²) >= 11 is 0. The molecule has 1 aromatic carbocycles. The lowest BCUT2D eigenvalue weighted by atomic mass is 9.96. The van der Waals surface area contributed by atoms with E-state index in [1.54, 1.807) is 19.1 Å². The Hall–Kier alpha value is -1.15. The number of benzene rings is 1. The van der Waals surface area contributed by atoms with Crippen molar-refractivity contribution in [3.05, 3.63) is 29.3 Å². The molecular formula is C15H23ClN2O4S. The second kappa shape index (κ2) is 7.61. The van der Waals surface area contributed by atoms with Crippen LogP contribution in [0.25, 0.3) is 0 Å². The molecule has 2 rings (SSSR count). The molecule has 1 aliphatic rings. The Morgan fingerprint density at radius 1 is 1.39 bits per heavy atom. The van der Waals surface area contributed by atoms with E-state index in [0.717, 1.165) is 0 Å². The largest absolute Gasteiger partial charge is 0.465 e. The Morgan fingerprint density at radius 2 is 2.04 bits per heavy atom. The van der Waals surface area contributed by atoms with E-state index in [4.69, 9.17) is 5.73 Å². The van der Waals surface area contributed by atoms with E-state index in [1.165, 1.54) is 17.5 Å². The number of piperidine rings is 1. The van der Waals surface area contributed by atoms with Crippen LogP contribution in [0.3, 0.4) is 0 Å². The lowest BCUT2D eigenvalue weighted by Gasteiger charge is -2.34. The summed E-state index contributed by atoms with van der Waals surface area (Å²) < 4.78 is 31.8. The summed E-state index contributed by atoms with van der Waals surface area (Å²) in [7, 11) is -2.38. The summed E-state index contributed by atoms with van der Waals surface area (Å²) in [4.78, 5) is 11.8. The number of nitrogens with two attached hydrogens (primary N) is 1. The topological polar surface area (TPSA) is 89.7 Å². The summed E-state index contributed by atoms with van der Waals surface area (Å²) in [5, 5.41) is 0. The van der Waals surface area contributed by atoms with Crippen LogP contribution in [0, 0.1) is 12.8 Å². The number of methoxy groups -OCH3 is 1. The van der Waals surface area contributed by atoms with Gasteiger partial charge in [-0.15, -0.1) is 12.4 Å². The van der Waals surface area contributed by atoms with Crippen LogP contribution >= 0.6 is 12.4 Å². The van der Waals surface area contributed by atoms with Gasteiger partial charge in [0.25, 0.3) is 0 Å². The number of carbonyl (C=O) groups is 1. The molecule has 1 heterocycles. The zero-order valence-corrected chi connectivity index (χ0v) is 15.1. The van der Waals surface area contributed by atoms with Gasteiger partial charge in [-0.1, -0.05) is 13.0 Å². The van der Waals surface area contributed by atoms with Gasteiger partial charge in [-0.3, -0.25) is 0 Å². The van der Waals surface area contributed by atoms with Crippen LogP contribution in [0.4, 0.5) is 0 Å². The van der Waals surface area contributed by atoms with Crippen molar-refractivity contribution in [3.63, 3.8) is 0 Å². The third kappa shape index (κ3) is 4.03. The Kier molecular flexibility index (Phi) is 6.59. The van der Waals surface area contributed by atoms with E-state index in [1.807, 2.05) is 6.92 Å². The number of carbonyl (C=O) groups excluding carboxylic acids is 1. The molecule has 6 nitrogen and oxygen atoms in total. The van der Waals surface area contributed by atoms with Crippen molar-refractivity contribution in [3.8, 4) is 0 Å². The van der Waals surface area contributed by atoms with Gasteiger partial charge in [0, 0.05) is 19.1 Å². The molecule has 2 unspecified atom stereocenters. The normalized spacial score (nSPS) is 22.3. The highest BCUT2D eigenvalue weighted by molar-refractivity contribution is 7.89. The molecule has 0 radical (unpaired) electrons. The number of rotatable bonds is 3. The first-order chi connectivity index (χ1) is 10.3. The average molecular weight is 363 g/mol. The summed E-state index contributed by atoms with van der Waals surface area (Å²) in [6, 6.07) is 4.59. The number of ether oxygens (including phenoxy) is 1. The van der Waals surface area contributed by atoms with Gasteiger partial charge in [0.1, 0.15) is 0 Å². The molecule has 2 atom stereocenters. The second-order valence-corrected chi connectivity index (χ2v) is 7.67. The maximum Gasteiger partial charge on any atom is 0.337 e. The highest BCUT2D eigenvalue weighted by Crippen LogP contribution is 2.26. The first kappa shape index (κ1) is 19.9. The molecule has 130 valence electrons. The fourth-order valence-electron chi connectivity index (χ4n) is 2.61. The van der Waals surface area contributed by atoms with Crippen LogP contribution in [-0.4, -0.2) is 44.9 Å². The first-order valence-corrected chi connectivity index (χ1v) is 8.66. The van der Waals surface area contributed by atoms with Crippen LogP contribution in [0.5, 0.6) is 0 Å². The number of hydrogen-bond acceptors (Lipinski definition) is 5. The smallest absolute Gasteiger partial charge is 0.337 e. The molecule has 1 aliphatic heterocycles. The predicted octanol–water partition coefficient (Wildman–Crippen LogP) is 1.56. The van der Waals surface area contributed by atoms with Gasteiger partial charge in [0.05, 0.1) is 17.6 Å². The molecule has 8 heteroatoms. The highest BCUT2D eigenvalue weighted by atomic mass is 35.5. The zero-order chi connectivity index (χ0) is 16.5. The lowest BCUT2D eigenvalue weighted by molar-refractivity contribution is 0.0600. The van der Waals surface area contributed by atoms with Gasteiger partial charge >= 0.3 is 5.97 Å². The van der Waals surface area contributed by atoms with E-state index < -0.39 is 16.0 Å². The maximum atomic E-state index is 12.9. The van der Waals surface area contributed by atoms with Crippen molar-refractivity contribution in [1.82, 2.24) is 4.31 Å². The molecule has 1 fully saturated rings.